The number of benzene rings is 1. The lowest BCUT2D eigenvalue weighted by atomic mass is 9.81. The molecule has 0 heterocycles. The molecule has 0 bridgehead atoms. The van der Waals surface area contributed by atoms with Crippen LogP contribution in [-0.4, -0.2) is 40.3 Å². The van der Waals surface area contributed by atoms with Gasteiger partial charge in [-0.15, -0.1) is 0 Å². The van der Waals surface area contributed by atoms with Gasteiger partial charge < -0.3 is 5.11 Å². The Kier molecular flexibility index (Phi) is 3.94. The largest absolute Gasteiger partial charge is 0.389 e. The Labute approximate surface area is 118 Å². The van der Waals surface area contributed by atoms with Crippen molar-refractivity contribution in [2.45, 2.75) is 34.7 Å². The minimum absolute atomic E-state index is 0.0205. The normalized spacial score (nSPS) is 18.5. The SMILES string of the molecule is CS(=O)(=O)c1ccc(S(=O)(=O)NCC2(O)CCC2)cc1. The molecule has 112 valence electrons. The summed E-state index contributed by atoms with van der Waals surface area (Å²) in [6.45, 7) is -0.0246. The van der Waals surface area contributed by atoms with Gasteiger partial charge in [-0.05, 0) is 43.5 Å². The molecule has 0 radical (unpaired) electrons. The molecule has 1 aromatic rings. The zero-order valence-corrected chi connectivity index (χ0v) is 12.7. The highest BCUT2D eigenvalue weighted by molar-refractivity contribution is 7.90. The van der Waals surface area contributed by atoms with Gasteiger partial charge in [-0.25, -0.2) is 21.6 Å². The van der Waals surface area contributed by atoms with Crippen LogP contribution in [0.15, 0.2) is 34.1 Å². The lowest BCUT2D eigenvalue weighted by Gasteiger charge is -2.36. The third-order valence-corrected chi connectivity index (χ3v) is 5.98. The maximum Gasteiger partial charge on any atom is 0.240 e. The van der Waals surface area contributed by atoms with Gasteiger partial charge in [0, 0.05) is 12.8 Å². The lowest BCUT2D eigenvalue weighted by molar-refractivity contribution is -0.0270. The second-order valence-corrected chi connectivity index (χ2v) is 8.93. The highest BCUT2D eigenvalue weighted by atomic mass is 32.2. The van der Waals surface area contributed by atoms with E-state index in [-0.39, 0.29) is 16.3 Å². The Bertz CT molecular complexity index is 688. The van der Waals surface area contributed by atoms with E-state index in [9.17, 15) is 21.9 Å². The molecule has 0 unspecified atom stereocenters. The molecule has 1 fully saturated rings. The van der Waals surface area contributed by atoms with Crippen molar-refractivity contribution in [1.82, 2.24) is 4.72 Å². The first kappa shape index (κ1) is 15.4. The van der Waals surface area contributed by atoms with Crippen LogP contribution < -0.4 is 4.72 Å². The molecule has 0 aromatic heterocycles. The van der Waals surface area contributed by atoms with Crippen LogP contribution in [-0.2, 0) is 19.9 Å². The van der Waals surface area contributed by atoms with Crippen LogP contribution in [0, 0.1) is 0 Å². The van der Waals surface area contributed by atoms with Gasteiger partial charge in [-0.3, -0.25) is 0 Å². The van der Waals surface area contributed by atoms with Gasteiger partial charge in [0.15, 0.2) is 9.84 Å². The maximum absolute atomic E-state index is 12.0. The number of sulfonamides is 1. The first-order chi connectivity index (χ1) is 9.12. The van der Waals surface area contributed by atoms with Crippen molar-refractivity contribution in [3.8, 4) is 0 Å². The van der Waals surface area contributed by atoms with E-state index in [1.807, 2.05) is 0 Å². The van der Waals surface area contributed by atoms with Crippen LogP contribution >= 0.6 is 0 Å². The molecule has 0 amide bonds. The Morgan fingerprint density at radius 3 is 2.00 bits per heavy atom. The zero-order chi connectivity index (χ0) is 15.0. The van der Waals surface area contributed by atoms with Crippen LogP contribution in [0.3, 0.4) is 0 Å². The first-order valence-electron chi connectivity index (χ1n) is 6.15. The van der Waals surface area contributed by atoms with Gasteiger partial charge in [0.25, 0.3) is 0 Å². The number of hydrogen-bond acceptors (Lipinski definition) is 5. The summed E-state index contributed by atoms with van der Waals surface area (Å²) in [5, 5.41) is 9.86. The van der Waals surface area contributed by atoms with Gasteiger partial charge in [0.1, 0.15) is 0 Å². The summed E-state index contributed by atoms with van der Waals surface area (Å²) in [7, 11) is -7.09. The molecular weight excluding hydrogens is 302 g/mol. The molecule has 0 aliphatic heterocycles. The number of sulfone groups is 1. The van der Waals surface area contributed by atoms with Gasteiger partial charge in [-0.2, -0.15) is 0 Å². The minimum atomic E-state index is -3.74. The van der Waals surface area contributed by atoms with Crippen LogP contribution in [0.4, 0.5) is 0 Å². The predicted octanol–water partition coefficient (Wildman–Crippen LogP) is 0.283. The van der Waals surface area contributed by atoms with E-state index < -0.39 is 25.5 Å². The molecule has 1 aromatic carbocycles. The van der Waals surface area contributed by atoms with Gasteiger partial charge in [0.05, 0.1) is 15.4 Å². The fraction of sp³-hybridized carbons (Fsp3) is 0.500. The van der Waals surface area contributed by atoms with Crippen LogP contribution in [0.5, 0.6) is 0 Å². The van der Waals surface area contributed by atoms with Crippen molar-refractivity contribution in [3.63, 3.8) is 0 Å². The number of hydrogen-bond donors (Lipinski definition) is 2. The zero-order valence-electron chi connectivity index (χ0n) is 11.0. The molecule has 0 atom stereocenters. The van der Waals surface area contributed by atoms with Crippen molar-refractivity contribution in [3.05, 3.63) is 24.3 Å². The minimum Gasteiger partial charge on any atom is -0.389 e. The topological polar surface area (TPSA) is 101 Å². The highest BCUT2D eigenvalue weighted by Gasteiger charge is 2.35. The Balaban J connectivity index is 2.13. The summed E-state index contributed by atoms with van der Waals surface area (Å²) in [5.74, 6) is 0. The van der Waals surface area contributed by atoms with E-state index in [0.29, 0.717) is 12.8 Å². The summed E-state index contributed by atoms with van der Waals surface area (Å²) in [5.41, 5.74) is -0.945. The van der Waals surface area contributed by atoms with Crippen molar-refractivity contribution >= 4 is 19.9 Å². The Morgan fingerprint density at radius 1 is 1.10 bits per heavy atom. The smallest absolute Gasteiger partial charge is 0.240 e. The van der Waals surface area contributed by atoms with E-state index in [4.69, 9.17) is 0 Å². The van der Waals surface area contributed by atoms with Gasteiger partial charge >= 0.3 is 0 Å². The standard InChI is InChI=1S/C12H17NO5S2/c1-19(15,16)10-3-5-11(6-4-10)20(17,18)13-9-12(14)7-2-8-12/h3-6,13-14H,2,7-9H2,1H3. The van der Waals surface area contributed by atoms with Crippen molar-refractivity contribution < 1.29 is 21.9 Å². The van der Waals surface area contributed by atoms with E-state index >= 15 is 0 Å². The molecule has 0 spiro atoms. The molecule has 20 heavy (non-hydrogen) atoms. The number of nitrogens with one attached hydrogen (secondary N) is 1. The van der Waals surface area contributed by atoms with Gasteiger partial charge in [0.2, 0.25) is 10.0 Å². The molecular formula is C12H17NO5S2. The summed E-state index contributed by atoms with van der Waals surface area (Å²) < 4.78 is 49.0. The maximum atomic E-state index is 12.0. The molecule has 2 N–H and O–H groups in total. The molecule has 6 nitrogen and oxygen atoms in total. The van der Waals surface area contributed by atoms with E-state index in [2.05, 4.69) is 4.72 Å². The molecule has 0 saturated heterocycles. The fourth-order valence-electron chi connectivity index (χ4n) is 1.94. The van der Waals surface area contributed by atoms with Crippen molar-refractivity contribution in [1.29, 1.82) is 0 Å². The van der Waals surface area contributed by atoms with E-state index in [1.165, 1.54) is 24.3 Å². The predicted molar refractivity (Wildman–Crippen MR) is 73.5 cm³/mol. The van der Waals surface area contributed by atoms with E-state index in [1.54, 1.807) is 0 Å². The molecule has 8 heteroatoms. The number of rotatable bonds is 5. The first-order valence-corrected chi connectivity index (χ1v) is 9.52. The second kappa shape index (κ2) is 5.10. The quantitative estimate of drug-likeness (QED) is 0.812. The second-order valence-electron chi connectivity index (χ2n) is 5.15. The summed E-state index contributed by atoms with van der Waals surface area (Å²) in [4.78, 5) is 0.0434. The third kappa shape index (κ3) is 3.38. The summed E-state index contributed by atoms with van der Waals surface area (Å²) in [6, 6.07) is 4.98. The lowest BCUT2D eigenvalue weighted by Crippen LogP contribution is -2.47. The van der Waals surface area contributed by atoms with Crippen molar-refractivity contribution in [2.24, 2.45) is 0 Å². The molecule has 2 rings (SSSR count). The summed E-state index contributed by atoms with van der Waals surface area (Å²) in [6.07, 6.45) is 3.12. The van der Waals surface area contributed by atoms with Crippen LogP contribution in [0.1, 0.15) is 19.3 Å². The average Bonchev–Trinajstić information content (AvgIpc) is 2.33. The molecule has 1 aliphatic rings. The third-order valence-electron chi connectivity index (χ3n) is 3.44. The highest BCUT2D eigenvalue weighted by Crippen LogP contribution is 2.31. The molecule has 1 aliphatic carbocycles. The Hall–Kier alpha value is -0.960. The Morgan fingerprint density at radius 2 is 1.60 bits per heavy atom. The summed E-state index contributed by atoms with van der Waals surface area (Å²) >= 11 is 0. The molecule has 1 saturated carbocycles. The van der Waals surface area contributed by atoms with Crippen molar-refractivity contribution in [2.75, 3.05) is 12.8 Å². The van der Waals surface area contributed by atoms with Gasteiger partial charge in [-0.1, -0.05) is 0 Å². The monoisotopic (exact) mass is 319 g/mol. The van der Waals surface area contributed by atoms with E-state index in [0.717, 1.165) is 12.7 Å². The van der Waals surface area contributed by atoms with Crippen LogP contribution in [0.25, 0.3) is 0 Å². The van der Waals surface area contributed by atoms with Crippen LogP contribution in [0.2, 0.25) is 0 Å². The number of aliphatic hydroxyl groups is 1. The average molecular weight is 319 g/mol. The fourth-order valence-corrected chi connectivity index (χ4v) is 3.69.